The van der Waals surface area contributed by atoms with Gasteiger partial charge in [-0.1, -0.05) is 18.2 Å². The fourth-order valence-corrected chi connectivity index (χ4v) is 3.68. The maximum Gasteiger partial charge on any atom is 0.344 e. The van der Waals surface area contributed by atoms with Gasteiger partial charge < -0.3 is 13.6 Å². The van der Waals surface area contributed by atoms with E-state index in [-0.39, 0.29) is 11.5 Å². The van der Waals surface area contributed by atoms with Gasteiger partial charge in [0, 0.05) is 3.57 Å². The minimum Gasteiger partial charge on any atom is -0.461 e. The first kappa shape index (κ1) is 18.5. The van der Waals surface area contributed by atoms with Gasteiger partial charge in [-0.05, 0) is 77.9 Å². The van der Waals surface area contributed by atoms with Crippen molar-refractivity contribution in [2.45, 2.75) is 13.8 Å². The Balaban J connectivity index is 1.95. The zero-order valence-electron chi connectivity index (χ0n) is 15.1. The predicted octanol–water partition coefficient (Wildman–Crippen LogP) is 5.49. The number of hydrogen-bond donors (Lipinski definition) is 0. The average molecular weight is 486 g/mol. The van der Waals surface area contributed by atoms with Crippen molar-refractivity contribution in [3.63, 3.8) is 0 Å². The molecule has 2 aromatic carbocycles. The summed E-state index contributed by atoms with van der Waals surface area (Å²) in [5.41, 5.74) is 2.12. The second kappa shape index (κ2) is 7.27. The van der Waals surface area contributed by atoms with E-state index in [1.54, 1.807) is 36.4 Å². The molecule has 0 aliphatic heterocycles. The van der Waals surface area contributed by atoms with Crippen LogP contribution in [0.15, 0.2) is 68.4 Å². The molecule has 28 heavy (non-hydrogen) atoms. The van der Waals surface area contributed by atoms with Gasteiger partial charge in [-0.3, -0.25) is 4.79 Å². The molecule has 4 rings (SSSR count). The Morgan fingerprint density at radius 3 is 2.57 bits per heavy atom. The Labute approximate surface area is 174 Å². The van der Waals surface area contributed by atoms with E-state index in [1.807, 2.05) is 48.6 Å². The molecule has 0 fully saturated rings. The van der Waals surface area contributed by atoms with Crippen LogP contribution in [-0.4, -0.2) is 5.97 Å². The normalized spacial score (nSPS) is 11.0. The number of halogens is 1. The summed E-state index contributed by atoms with van der Waals surface area (Å²) in [6.45, 7) is 3.76. The number of ether oxygens (including phenoxy) is 1. The number of benzene rings is 2. The lowest BCUT2D eigenvalue weighted by molar-refractivity contribution is 0.0730. The third-order valence-electron chi connectivity index (χ3n) is 4.31. The van der Waals surface area contributed by atoms with E-state index in [1.165, 1.54) is 6.26 Å². The first-order chi connectivity index (χ1) is 13.5. The van der Waals surface area contributed by atoms with E-state index in [9.17, 15) is 9.59 Å². The number of rotatable bonds is 3. The SMILES string of the molecule is Cc1cc(C)c2oc(-c3ccco3)c(OC(=O)c3ccccc3I)c(=O)c2c1. The highest BCUT2D eigenvalue weighted by molar-refractivity contribution is 14.1. The molecule has 2 aromatic heterocycles. The van der Waals surface area contributed by atoms with E-state index >= 15 is 0 Å². The van der Waals surface area contributed by atoms with Crippen LogP contribution in [0.3, 0.4) is 0 Å². The summed E-state index contributed by atoms with van der Waals surface area (Å²) in [4.78, 5) is 26.0. The minimum atomic E-state index is -0.631. The Hall–Kier alpha value is -2.87. The van der Waals surface area contributed by atoms with Gasteiger partial charge in [0.25, 0.3) is 0 Å². The van der Waals surface area contributed by atoms with Gasteiger partial charge in [0.05, 0.1) is 17.2 Å². The van der Waals surface area contributed by atoms with Crippen molar-refractivity contribution in [2.75, 3.05) is 0 Å². The molecule has 0 amide bonds. The van der Waals surface area contributed by atoms with Crippen molar-refractivity contribution in [3.8, 4) is 17.3 Å². The summed E-state index contributed by atoms with van der Waals surface area (Å²) in [6, 6.07) is 14.0. The molecule has 0 aliphatic carbocycles. The highest BCUT2D eigenvalue weighted by Gasteiger charge is 2.24. The maximum absolute atomic E-state index is 13.2. The van der Waals surface area contributed by atoms with Crippen LogP contribution in [0.5, 0.6) is 5.75 Å². The van der Waals surface area contributed by atoms with Gasteiger partial charge in [-0.2, -0.15) is 0 Å². The third-order valence-corrected chi connectivity index (χ3v) is 5.25. The lowest BCUT2D eigenvalue weighted by Gasteiger charge is -2.11. The Morgan fingerprint density at radius 1 is 1.07 bits per heavy atom. The molecule has 0 atom stereocenters. The van der Waals surface area contributed by atoms with Crippen LogP contribution >= 0.6 is 22.6 Å². The summed E-state index contributed by atoms with van der Waals surface area (Å²) >= 11 is 2.05. The number of fused-ring (bicyclic) bond motifs is 1. The molecule has 0 saturated heterocycles. The summed E-state index contributed by atoms with van der Waals surface area (Å²) in [5.74, 6) is -0.413. The standard InChI is InChI=1S/C22H15IO5/c1-12-10-13(2)19-15(11-12)18(24)21(20(27-19)17-8-5-9-26-17)28-22(25)14-6-3-4-7-16(14)23/h3-11H,1-2H3. The zero-order valence-corrected chi connectivity index (χ0v) is 17.3. The first-order valence-corrected chi connectivity index (χ1v) is 9.62. The molecule has 0 radical (unpaired) electrons. The molecular weight excluding hydrogens is 471 g/mol. The molecule has 6 heteroatoms. The monoisotopic (exact) mass is 486 g/mol. The lowest BCUT2D eigenvalue weighted by atomic mass is 10.1. The molecule has 2 heterocycles. The maximum atomic E-state index is 13.2. The second-order valence-corrected chi connectivity index (χ2v) is 7.56. The van der Waals surface area contributed by atoms with Crippen molar-refractivity contribution in [1.82, 2.24) is 0 Å². The van der Waals surface area contributed by atoms with E-state index in [2.05, 4.69) is 0 Å². The van der Waals surface area contributed by atoms with Gasteiger partial charge in [0.1, 0.15) is 5.58 Å². The molecule has 0 saturated carbocycles. The highest BCUT2D eigenvalue weighted by atomic mass is 127. The van der Waals surface area contributed by atoms with Gasteiger partial charge in [0.2, 0.25) is 16.9 Å². The molecule has 0 unspecified atom stereocenters. The fourth-order valence-electron chi connectivity index (χ4n) is 3.07. The van der Waals surface area contributed by atoms with Gasteiger partial charge >= 0.3 is 5.97 Å². The first-order valence-electron chi connectivity index (χ1n) is 8.54. The Morgan fingerprint density at radius 2 is 1.86 bits per heavy atom. The molecule has 0 spiro atoms. The number of esters is 1. The zero-order chi connectivity index (χ0) is 19.8. The van der Waals surface area contributed by atoms with E-state index < -0.39 is 11.4 Å². The molecule has 0 N–H and O–H groups in total. The van der Waals surface area contributed by atoms with Crippen molar-refractivity contribution < 1.29 is 18.4 Å². The van der Waals surface area contributed by atoms with Crippen LogP contribution in [0.1, 0.15) is 21.5 Å². The number of carbonyl (C=O) groups is 1. The van der Waals surface area contributed by atoms with Gasteiger partial charge in [-0.25, -0.2) is 4.79 Å². The largest absolute Gasteiger partial charge is 0.461 e. The van der Waals surface area contributed by atoms with Gasteiger partial charge in [0.15, 0.2) is 5.76 Å². The van der Waals surface area contributed by atoms with Crippen molar-refractivity contribution in [1.29, 1.82) is 0 Å². The number of carbonyl (C=O) groups excluding carboxylic acids is 1. The minimum absolute atomic E-state index is 0.0914. The molecular formula is C22H15IO5. The van der Waals surface area contributed by atoms with Crippen molar-refractivity contribution in [2.24, 2.45) is 0 Å². The van der Waals surface area contributed by atoms with Crippen LogP contribution in [0, 0.1) is 17.4 Å². The summed E-state index contributed by atoms with van der Waals surface area (Å²) in [7, 11) is 0. The van der Waals surface area contributed by atoms with Crippen molar-refractivity contribution in [3.05, 3.63) is 85.3 Å². The predicted molar refractivity (Wildman–Crippen MR) is 114 cm³/mol. The molecule has 140 valence electrons. The highest BCUT2D eigenvalue weighted by Crippen LogP contribution is 2.33. The van der Waals surface area contributed by atoms with Crippen LogP contribution in [0.25, 0.3) is 22.5 Å². The van der Waals surface area contributed by atoms with Crippen LogP contribution in [0.4, 0.5) is 0 Å². The van der Waals surface area contributed by atoms with Crippen LogP contribution < -0.4 is 10.2 Å². The third kappa shape index (κ3) is 3.24. The molecule has 5 nitrogen and oxygen atoms in total. The number of hydrogen-bond acceptors (Lipinski definition) is 5. The summed E-state index contributed by atoms with van der Waals surface area (Å²) in [5, 5.41) is 0.360. The Kier molecular flexibility index (Phi) is 4.80. The van der Waals surface area contributed by atoms with E-state index in [0.717, 1.165) is 14.7 Å². The molecule has 4 aromatic rings. The number of furan rings is 1. The fraction of sp³-hybridized carbons (Fsp3) is 0.0909. The van der Waals surface area contributed by atoms with Crippen molar-refractivity contribution >= 4 is 39.5 Å². The molecule has 0 bridgehead atoms. The van der Waals surface area contributed by atoms with Crippen LogP contribution in [0.2, 0.25) is 0 Å². The summed E-state index contributed by atoms with van der Waals surface area (Å²) < 4.78 is 17.7. The molecule has 0 aliphatic rings. The van der Waals surface area contributed by atoms with Crippen LogP contribution in [-0.2, 0) is 0 Å². The van der Waals surface area contributed by atoms with E-state index in [4.69, 9.17) is 13.6 Å². The van der Waals surface area contributed by atoms with E-state index in [0.29, 0.717) is 22.3 Å². The van der Waals surface area contributed by atoms with Gasteiger partial charge in [-0.15, -0.1) is 0 Å². The topological polar surface area (TPSA) is 69.7 Å². The Bertz CT molecular complexity index is 1250. The number of aryl methyl sites for hydroxylation is 2. The quantitative estimate of drug-likeness (QED) is 0.283. The summed E-state index contributed by atoms with van der Waals surface area (Å²) in [6.07, 6.45) is 1.47. The average Bonchev–Trinajstić information content (AvgIpc) is 3.19. The lowest BCUT2D eigenvalue weighted by Crippen LogP contribution is -2.17. The smallest absolute Gasteiger partial charge is 0.344 e. The second-order valence-electron chi connectivity index (χ2n) is 6.39.